The first-order valence-corrected chi connectivity index (χ1v) is 7.92. The van der Waals surface area contributed by atoms with Crippen molar-refractivity contribution in [1.82, 2.24) is 14.8 Å². The van der Waals surface area contributed by atoms with Crippen LogP contribution in [-0.4, -0.2) is 52.8 Å². The Bertz CT molecular complexity index is 611. The van der Waals surface area contributed by atoms with E-state index in [2.05, 4.69) is 4.98 Å². The monoisotopic (exact) mass is 303 g/mol. The van der Waals surface area contributed by atoms with E-state index in [4.69, 9.17) is 0 Å². The number of rotatable bonds is 2. The molecular weight excluding hydrogens is 282 g/mol. The number of amides is 2. The third-order valence-electron chi connectivity index (χ3n) is 4.63. The number of nitrogens with zero attached hydrogens (tertiary/aromatic N) is 2. The molecule has 22 heavy (non-hydrogen) atoms. The second-order valence-corrected chi connectivity index (χ2v) is 6.01. The molecule has 0 aromatic carbocycles. The van der Waals surface area contributed by atoms with Gasteiger partial charge in [0.15, 0.2) is 0 Å². The molecule has 118 valence electrons. The van der Waals surface area contributed by atoms with Gasteiger partial charge in [-0.25, -0.2) is 0 Å². The minimum atomic E-state index is -0.364. The molecule has 2 aliphatic rings. The number of H-pyrrole nitrogens is 1. The van der Waals surface area contributed by atoms with Gasteiger partial charge in [0.05, 0.1) is 0 Å². The van der Waals surface area contributed by atoms with Crippen LogP contribution in [0.5, 0.6) is 0 Å². The van der Waals surface area contributed by atoms with E-state index >= 15 is 0 Å². The van der Waals surface area contributed by atoms with Crippen LogP contribution in [0.1, 0.15) is 36.0 Å². The van der Waals surface area contributed by atoms with Crippen LogP contribution in [-0.2, 0) is 4.79 Å². The summed E-state index contributed by atoms with van der Waals surface area (Å²) in [7, 11) is 0. The first-order chi connectivity index (χ1) is 10.7. The van der Waals surface area contributed by atoms with Crippen LogP contribution in [0.2, 0.25) is 0 Å². The van der Waals surface area contributed by atoms with E-state index in [0.717, 1.165) is 25.7 Å². The molecular formula is C16H21N3O3. The van der Waals surface area contributed by atoms with E-state index < -0.39 is 0 Å². The number of nitrogens with one attached hydrogen (secondary N) is 1. The van der Waals surface area contributed by atoms with Crippen LogP contribution < -0.4 is 5.56 Å². The molecule has 0 spiro atoms. The van der Waals surface area contributed by atoms with Crippen molar-refractivity contribution in [2.45, 2.75) is 25.7 Å². The molecule has 1 aromatic heterocycles. The Hall–Kier alpha value is -2.11. The Morgan fingerprint density at radius 3 is 2.32 bits per heavy atom. The lowest BCUT2D eigenvalue weighted by atomic mass is 10.1. The molecule has 2 amide bonds. The van der Waals surface area contributed by atoms with Crippen molar-refractivity contribution in [2.24, 2.45) is 5.92 Å². The van der Waals surface area contributed by atoms with Gasteiger partial charge in [0, 0.05) is 38.3 Å². The predicted molar refractivity (Wildman–Crippen MR) is 81.5 cm³/mol. The van der Waals surface area contributed by atoms with Gasteiger partial charge in [-0.05, 0) is 25.0 Å². The van der Waals surface area contributed by atoms with Crippen LogP contribution in [0.3, 0.4) is 0 Å². The summed E-state index contributed by atoms with van der Waals surface area (Å²) in [5, 5.41) is 0. The first-order valence-electron chi connectivity index (χ1n) is 7.92. The first kappa shape index (κ1) is 14.8. The maximum absolute atomic E-state index is 12.4. The van der Waals surface area contributed by atoms with Crippen molar-refractivity contribution in [2.75, 3.05) is 26.2 Å². The van der Waals surface area contributed by atoms with E-state index in [1.807, 2.05) is 4.90 Å². The van der Waals surface area contributed by atoms with Gasteiger partial charge < -0.3 is 14.8 Å². The number of aromatic amines is 1. The lowest BCUT2D eigenvalue weighted by Crippen LogP contribution is -2.52. The van der Waals surface area contributed by atoms with Gasteiger partial charge >= 0.3 is 0 Å². The molecule has 3 rings (SSSR count). The highest BCUT2D eigenvalue weighted by Crippen LogP contribution is 2.26. The summed E-state index contributed by atoms with van der Waals surface area (Å²) >= 11 is 0. The average Bonchev–Trinajstić information content (AvgIpc) is 3.09. The molecule has 6 nitrogen and oxygen atoms in total. The highest BCUT2D eigenvalue weighted by atomic mass is 16.2. The smallest absolute Gasteiger partial charge is 0.260 e. The molecule has 1 saturated heterocycles. The van der Waals surface area contributed by atoms with Crippen molar-refractivity contribution in [3.63, 3.8) is 0 Å². The second-order valence-electron chi connectivity index (χ2n) is 6.01. The van der Waals surface area contributed by atoms with Crippen molar-refractivity contribution >= 4 is 11.8 Å². The molecule has 1 saturated carbocycles. The molecule has 2 fully saturated rings. The number of aromatic nitrogens is 1. The Morgan fingerprint density at radius 2 is 1.68 bits per heavy atom. The summed E-state index contributed by atoms with van der Waals surface area (Å²) < 4.78 is 0. The van der Waals surface area contributed by atoms with Crippen LogP contribution in [0.25, 0.3) is 0 Å². The lowest BCUT2D eigenvalue weighted by Gasteiger charge is -2.35. The van der Waals surface area contributed by atoms with Gasteiger partial charge in [-0.15, -0.1) is 0 Å². The van der Waals surface area contributed by atoms with Crippen LogP contribution in [0.4, 0.5) is 0 Å². The molecule has 1 aliphatic heterocycles. The summed E-state index contributed by atoms with van der Waals surface area (Å²) in [5.41, 5.74) is -0.199. The molecule has 0 unspecified atom stereocenters. The van der Waals surface area contributed by atoms with Crippen molar-refractivity contribution in [3.8, 4) is 0 Å². The molecule has 1 N–H and O–H groups in total. The predicted octanol–water partition coefficient (Wildman–Crippen LogP) is 0.849. The summed E-state index contributed by atoms with van der Waals surface area (Å²) in [6, 6.07) is 3.19. The zero-order valence-electron chi connectivity index (χ0n) is 12.6. The Labute approximate surface area is 129 Å². The Balaban J connectivity index is 1.59. The van der Waals surface area contributed by atoms with E-state index in [1.165, 1.54) is 12.3 Å². The normalized spacial score (nSPS) is 19.5. The highest BCUT2D eigenvalue weighted by Gasteiger charge is 2.31. The summed E-state index contributed by atoms with van der Waals surface area (Å²) in [4.78, 5) is 42.4. The maximum atomic E-state index is 12.4. The van der Waals surface area contributed by atoms with Gasteiger partial charge in [-0.1, -0.05) is 12.8 Å². The van der Waals surface area contributed by atoms with E-state index in [9.17, 15) is 14.4 Å². The van der Waals surface area contributed by atoms with Gasteiger partial charge in [-0.3, -0.25) is 14.4 Å². The number of carbonyl (C=O) groups excluding carboxylic acids is 2. The van der Waals surface area contributed by atoms with E-state index in [1.54, 1.807) is 11.0 Å². The SMILES string of the molecule is O=C(c1ccc[nH]c1=O)N1CCN(C(=O)C2CCCC2)CC1. The maximum Gasteiger partial charge on any atom is 0.260 e. The van der Waals surface area contributed by atoms with Crippen molar-refractivity contribution in [3.05, 3.63) is 34.2 Å². The summed E-state index contributed by atoms with van der Waals surface area (Å²) in [6.07, 6.45) is 5.79. The van der Waals surface area contributed by atoms with E-state index in [0.29, 0.717) is 26.2 Å². The largest absolute Gasteiger partial charge is 0.339 e. The summed E-state index contributed by atoms with van der Waals surface area (Å²) in [6.45, 7) is 2.11. The molecule has 2 heterocycles. The third-order valence-corrected chi connectivity index (χ3v) is 4.63. The van der Waals surface area contributed by atoms with Gasteiger partial charge in [0.1, 0.15) is 5.56 Å². The Kier molecular flexibility index (Phi) is 4.27. The minimum absolute atomic E-state index is 0.165. The fourth-order valence-electron chi connectivity index (χ4n) is 3.32. The molecule has 0 bridgehead atoms. The molecule has 0 atom stereocenters. The van der Waals surface area contributed by atoms with Gasteiger partial charge in [0.2, 0.25) is 5.91 Å². The summed E-state index contributed by atoms with van der Waals surface area (Å²) in [5.74, 6) is 0.163. The minimum Gasteiger partial charge on any atom is -0.339 e. The topological polar surface area (TPSA) is 73.5 Å². The fourth-order valence-corrected chi connectivity index (χ4v) is 3.32. The molecule has 6 heteroatoms. The number of pyridine rings is 1. The molecule has 1 aliphatic carbocycles. The zero-order chi connectivity index (χ0) is 15.5. The van der Waals surface area contributed by atoms with Gasteiger partial charge in [0.25, 0.3) is 11.5 Å². The fraction of sp³-hybridized carbons (Fsp3) is 0.562. The number of hydrogen-bond acceptors (Lipinski definition) is 3. The average molecular weight is 303 g/mol. The van der Waals surface area contributed by atoms with E-state index in [-0.39, 0.29) is 28.9 Å². The van der Waals surface area contributed by atoms with Crippen molar-refractivity contribution < 1.29 is 9.59 Å². The standard InChI is InChI=1S/C16H21N3O3/c20-14-13(6-3-7-17-14)16(22)19-10-8-18(9-11-19)15(21)12-4-1-2-5-12/h3,6-7,12H,1-2,4-5,8-11H2,(H,17,20). The zero-order valence-corrected chi connectivity index (χ0v) is 12.6. The van der Waals surface area contributed by atoms with Crippen LogP contribution >= 0.6 is 0 Å². The number of carbonyl (C=O) groups is 2. The quantitative estimate of drug-likeness (QED) is 0.880. The highest BCUT2D eigenvalue weighted by molar-refractivity contribution is 5.94. The Morgan fingerprint density at radius 1 is 1.05 bits per heavy atom. The van der Waals surface area contributed by atoms with Crippen molar-refractivity contribution in [1.29, 1.82) is 0 Å². The molecule has 1 aromatic rings. The van der Waals surface area contributed by atoms with Gasteiger partial charge in [-0.2, -0.15) is 0 Å². The molecule has 0 radical (unpaired) electrons. The second kappa shape index (κ2) is 6.34. The number of piperazine rings is 1. The third kappa shape index (κ3) is 2.91. The van der Waals surface area contributed by atoms with Crippen LogP contribution in [0.15, 0.2) is 23.1 Å². The van der Waals surface area contributed by atoms with Crippen LogP contribution in [0, 0.1) is 5.92 Å². The lowest BCUT2D eigenvalue weighted by molar-refractivity contribution is -0.136. The number of hydrogen-bond donors (Lipinski definition) is 1.